The number of ether oxygens (including phenoxy) is 1. The first kappa shape index (κ1) is 24.6. The van der Waals surface area contributed by atoms with Gasteiger partial charge in [-0.25, -0.2) is 12.7 Å². The Bertz CT molecular complexity index is 1540. The van der Waals surface area contributed by atoms with Gasteiger partial charge in [0.05, 0.1) is 10.6 Å². The first-order chi connectivity index (χ1) is 17.8. The van der Waals surface area contributed by atoms with E-state index in [-0.39, 0.29) is 10.8 Å². The monoisotopic (exact) mass is 512 g/mol. The molecule has 0 N–H and O–H groups in total. The summed E-state index contributed by atoms with van der Waals surface area (Å²) in [5.74, 6) is 0.183. The zero-order valence-electron chi connectivity index (χ0n) is 20.9. The molecule has 0 saturated carbocycles. The van der Waals surface area contributed by atoms with E-state index in [0.717, 1.165) is 16.7 Å². The molecule has 4 aromatic rings. The van der Waals surface area contributed by atoms with Crippen LogP contribution in [0.15, 0.2) is 108 Å². The van der Waals surface area contributed by atoms with Crippen LogP contribution in [-0.2, 0) is 14.8 Å². The smallest absolute Gasteiger partial charge is 0.274 e. The van der Waals surface area contributed by atoms with Crippen LogP contribution in [0.4, 0.5) is 11.4 Å². The highest BCUT2D eigenvalue weighted by molar-refractivity contribution is 7.92. The van der Waals surface area contributed by atoms with Crippen LogP contribution in [-0.4, -0.2) is 26.6 Å². The summed E-state index contributed by atoms with van der Waals surface area (Å²) in [6.45, 7) is 5.74. The Labute approximate surface area is 217 Å². The number of aryl methyl sites for hydroxylation is 3. The summed E-state index contributed by atoms with van der Waals surface area (Å²) in [4.78, 5) is 15.2. The minimum Gasteiger partial charge on any atom is -0.476 e. The minimum atomic E-state index is -4.09. The predicted octanol–water partition coefficient (Wildman–Crippen LogP) is 5.63. The van der Waals surface area contributed by atoms with E-state index in [4.69, 9.17) is 4.74 Å². The van der Waals surface area contributed by atoms with Crippen LogP contribution in [0.5, 0.6) is 5.75 Å². The van der Waals surface area contributed by atoms with Crippen LogP contribution < -0.4 is 13.9 Å². The first-order valence-corrected chi connectivity index (χ1v) is 13.5. The molecule has 1 aliphatic rings. The molecule has 0 aromatic heterocycles. The number of benzene rings is 4. The second-order valence-corrected chi connectivity index (χ2v) is 11.1. The van der Waals surface area contributed by atoms with Crippen LogP contribution in [0.1, 0.15) is 16.7 Å². The number of nitrogens with zero attached hydrogens (tertiary/aromatic N) is 2. The molecule has 1 amide bonds. The molecule has 1 saturated heterocycles. The summed E-state index contributed by atoms with van der Waals surface area (Å²) in [6, 6.07) is 30.5. The quantitative estimate of drug-likeness (QED) is 0.301. The highest BCUT2D eigenvalue weighted by atomic mass is 32.2. The third-order valence-electron chi connectivity index (χ3n) is 6.38. The lowest BCUT2D eigenvalue weighted by Crippen LogP contribution is -2.74. The fourth-order valence-corrected chi connectivity index (χ4v) is 6.10. The van der Waals surface area contributed by atoms with Gasteiger partial charge in [0.2, 0.25) is 6.10 Å². The molecule has 0 radical (unpaired) electrons. The van der Waals surface area contributed by atoms with Crippen molar-refractivity contribution in [1.29, 1.82) is 0 Å². The van der Waals surface area contributed by atoms with Crippen molar-refractivity contribution in [2.75, 3.05) is 9.21 Å². The molecule has 4 aromatic carbocycles. The van der Waals surface area contributed by atoms with Crippen molar-refractivity contribution >= 4 is 27.3 Å². The van der Waals surface area contributed by atoms with Gasteiger partial charge in [-0.05, 0) is 80.4 Å². The van der Waals surface area contributed by atoms with Crippen molar-refractivity contribution in [2.24, 2.45) is 0 Å². The Morgan fingerprint density at radius 2 is 1.38 bits per heavy atom. The predicted molar refractivity (Wildman–Crippen MR) is 145 cm³/mol. The van der Waals surface area contributed by atoms with Gasteiger partial charge in [-0.2, -0.15) is 0 Å². The fourth-order valence-electron chi connectivity index (χ4n) is 4.51. The lowest BCUT2D eigenvalue weighted by molar-refractivity contribution is -0.134. The van der Waals surface area contributed by atoms with Gasteiger partial charge in [0.25, 0.3) is 15.9 Å². The molecule has 188 valence electrons. The zero-order chi connectivity index (χ0) is 26.2. The number of para-hydroxylation sites is 1. The maximum atomic E-state index is 14.3. The van der Waals surface area contributed by atoms with Crippen molar-refractivity contribution in [2.45, 2.75) is 37.9 Å². The topological polar surface area (TPSA) is 66.9 Å². The summed E-state index contributed by atoms with van der Waals surface area (Å²) in [6.07, 6.45) is -1.98. The first-order valence-electron chi connectivity index (χ1n) is 12.0. The van der Waals surface area contributed by atoms with Crippen LogP contribution >= 0.6 is 0 Å². The third kappa shape index (κ3) is 4.70. The van der Waals surface area contributed by atoms with E-state index in [9.17, 15) is 13.2 Å². The molecule has 0 bridgehead atoms. The highest BCUT2D eigenvalue weighted by Gasteiger charge is 2.56. The van der Waals surface area contributed by atoms with E-state index >= 15 is 0 Å². The second-order valence-electron chi connectivity index (χ2n) is 9.27. The average molecular weight is 513 g/mol. The van der Waals surface area contributed by atoms with Gasteiger partial charge in [-0.3, -0.25) is 9.69 Å². The molecule has 0 unspecified atom stereocenters. The van der Waals surface area contributed by atoms with Gasteiger partial charge in [0.1, 0.15) is 5.75 Å². The Morgan fingerprint density at radius 3 is 2.03 bits per heavy atom. The van der Waals surface area contributed by atoms with Crippen molar-refractivity contribution in [3.8, 4) is 5.75 Å². The van der Waals surface area contributed by atoms with Crippen LogP contribution in [0.25, 0.3) is 0 Å². The van der Waals surface area contributed by atoms with Crippen LogP contribution in [0.2, 0.25) is 0 Å². The molecule has 1 fully saturated rings. The molecular formula is C30H28N2O4S. The number of anilines is 2. The maximum absolute atomic E-state index is 14.3. The highest BCUT2D eigenvalue weighted by Crippen LogP contribution is 2.39. The number of carbonyl (C=O) groups is 1. The molecule has 5 rings (SSSR count). The Hall–Kier alpha value is -4.10. The summed E-state index contributed by atoms with van der Waals surface area (Å²) in [7, 11) is -4.09. The van der Waals surface area contributed by atoms with Gasteiger partial charge in [-0.1, -0.05) is 60.2 Å². The molecule has 6 nitrogen and oxygen atoms in total. The number of amides is 1. The van der Waals surface area contributed by atoms with E-state index in [1.54, 1.807) is 42.5 Å². The normalized spacial score (nSPS) is 17.3. The Kier molecular flexibility index (Phi) is 6.48. The van der Waals surface area contributed by atoms with Crippen molar-refractivity contribution in [3.05, 3.63) is 120 Å². The Balaban J connectivity index is 1.68. The van der Waals surface area contributed by atoms with E-state index in [1.807, 2.05) is 81.4 Å². The van der Waals surface area contributed by atoms with Gasteiger partial charge in [0.15, 0.2) is 6.17 Å². The lowest BCUT2D eigenvalue weighted by atomic mass is 10.0. The number of rotatable bonds is 7. The molecule has 1 aliphatic heterocycles. The van der Waals surface area contributed by atoms with Gasteiger partial charge < -0.3 is 4.74 Å². The number of sulfonamides is 1. The molecule has 1 heterocycles. The molecule has 0 aliphatic carbocycles. The molecule has 37 heavy (non-hydrogen) atoms. The molecule has 7 heteroatoms. The average Bonchev–Trinajstić information content (AvgIpc) is 2.88. The summed E-state index contributed by atoms with van der Waals surface area (Å²) < 4.78 is 36.0. The van der Waals surface area contributed by atoms with Crippen molar-refractivity contribution in [3.63, 3.8) is 0 Å². The van der Waals surface area contributed by atoms with E-state index in [1.165, 1.54) is 9.21 Å². The van der Waals surface area contributed by atoms with Gasteiger partial charge in [-0.15, -0.1) is 0 Å². The number of carbonyl (C=O) groups excluding carboxylic acids is 1. The third-order valence-corrected chi connectivity index (χ3v) is 8.19. The van der Waals surface area contributed by atoms with E-state index in [2.05, 4.69) is 0 Å². The second kappa shape index (κ2) is 9.75. The summed E-state index contributed by atoms with van der Waals surface area (Å²) in [5.41, 5.74) is 3.87. The number of hydrogen-bond acceptors (Lipinski definition) is 4. The summed E-state index contributed by atoms with van der Waals surface area (Å²) in [5, 5.41) is 0. The largest absolute Gasteiger partial charge is 0.476 e. The van der Waals surface area contributed by atoms with Crippen molar-refractivity contribution < 1.29 is 17.9 Å². The molecule has 2 atom stereocenters. The number of β-lactam (4-membered cyclic amide) rings is 1. The van der Waals surface area contributed by atoms with Gasteiger partial charge >= 0.3 is 0 Å². The van der Waals surface area contributed by atoms with E-state index in [0.29, 0.717) is 17.1 Å². The zero-order valence-corrected chi connectivity index (χ0v) is 21.7. The lowest BCUT2D eigenvalue weighted by Gasteiger charge is -2.51. The fraction of sp³-hybridized carbons (Fsp3) is 0.167. The molecular weight excluding hydrogens is 484 g/mol. The summed E-state index contributed by atoms with van der Waals surface area (Å²) >= 11 is 0. The minimum absolute atomic E-state index is 0.140. The van der Waals surface area contributed by atoms with Crippen molar-refractivity contribution in [1.82, 2.24) is 0 Å². The standard InChI is InChI=1S/C30H28N2O4S/c1-21-15-17-27(18-16-21)37(34,35)32(25-12-8-10-23(3)20-25)29-28(36-26-13-5-4-6-14-26)30(33)31(29)24-11-7-9-22(2)19-24/h4-20,28-29H,1-3H3/t28-,29+/m1/s1. The van der Waals surface area contributed by atoms with Crippen LogP contribution in [0.3, 0.4) is 0 Å². The SMILES string of the molecule is Cc1ccc(S(=O)(=O)N(c2cccc(C)c2)[C@H]2[C@@H](Oc3ccccc3)C(=O)N2c2cccc(C)c2)cc1. The Morgan fingerprint density at radius 1 is 0.730 bits per heavy atom. The maximum Gasteiger partial charge on any atom is 0.274 e. The molecule has 0 spiro atoms. The van der Waals surface area contributed by atoms with E-state index < -0.39 is 22.3 Å². The van der Waals surface area contributed by atoms with Crippen LogP contribution in [0, 0.1) is 20.8 Å². The number of hydrogen-bond donors (Lipinski definition) is 0. The van der Waals surface area contributed by atoms with Gasteiger partial charge in [0, 0.05) is 5.69 Å².